The zero-order valence-electron chi connectivity index (χ0n) is 17.4. The van der Waals surface area contributed by atoms with Gasteiger partial charge in [0.15, 0.2) is 10.8 Å². The number of aliphatic hydroxyl groups excluding tert-OH is 1. The maximum atomic E-state index is 14.0. The van der Waals surface area contributed by atoms with Crippen LogP contribution in [-0.4, -0.2) is 65.1 Å². The summed E-state index contributed by atoms with van der Waals surface area (Å²) in [6, 6.07) is 3.11. The third-order valence-corrected chi connectivity index (χ3v) is 6.71. The first kappa shape index (κ1) is 23.9. The summed E-state index contributed by atoms with van der Waals surface area (Å²) >= 11 is 4.65. The van der Waals surface area contributed by atoms with Crippen molar-refractivity contribution in [1.29, 1.82) is 0 Å². The lowest BCUT2D eigenvalue weighted by atomic mass is 9.95. The number of alkyl halides is 2. The number of aliphatic imine (C=N–C) groups is 1. The van der Waals surface area contributed by atoms with E-state index in [9.17, 15) is 23.1 Å². The monoisotopic (exact) mass is 544 g/mol. The lowest BCUT2D eigenvalue weighted by molar-refractivity contribution is -0.139. The lowest BCUT2D eigenvalue weighted by Crippen LogP contribution is -2.39. The number of β-amino-alcohol motifs (C(OH)–C–C–N with tert-alkyl or cyclic N) is 1. The van der Waals surface area contributed by atoms with Crippen LogP contribution in [0, 0.1) is 5.82 Å². The van der Waals surface area contributed by atoms with Gasteiger partial charge in [-0.25, -0.2) is 22.9 Å². The molecular formula is C21H20BrF3N4O3S. The molecule has 0 amide bonds. The summed E-state index contributed by atoms with van der Waals surface area (Å²) in [4.78, 5) is 23.3. The normalized spacial score (nSPS) is 22.8. The molecule has 33 heavy (non-hydrogen) atoms. The fourth-order valence-corrected chi connectivity index (χ4v) is 4.91. The van der Waals surface area contributed by atoms with Crippen LogP contribution in [0.3, 0.4) is 0 Å². The molecule has 0 bridgehead atoms. The summed E-state index contributed by atoms with van der Waals surface area (Å²) in [5, 5.41) is 15.1. The van der Waals surface area contributed by atoms with Gasteiger partial charge in [-0.2, -0.15) is 0 Å². The molecule has 4 rings (SSSR count). The Hall–Kier alpha value is -2.28. The number of carbonyl (C=O) groups excluding carboxylic acids is 1. The van der Waals surface area contributed by atoms with Crippen LogP contribution in [0.15, 0.2) is 50.5 Å². The molecule has 0 spiro atoms. The maximum Gasteiger partial charge on any atom is 0.338 e. The van der Waals surface area contributed by atoms with Crippen molar-refractivity contribution in [3.05, 3.63) is 61.9 Å². The highest BCUT2D eigenvalue weighted by molar-refractivity contribution is 9.10. The Morgan fingerprint density at radius 3 is 2.85 bits per heavy atom. The summed E-state index contributed by atoms with van der Waals surface area (Å²) < 4.78 is 47.3. The van der Waals surface area contributed by atoms with Crippen molar-refractivity contribution in [3.8, 4) is 0 Å². The number of rotatable bonds is 6. The van der Waals surface area contributed by atoms with Gasteiger partial charge in [-0.3, -0.25) is 9.89 Å². The molecule has 2 N–H and O–H groups in total. The quantitative estimate of drug-likeness (QED) is 0.543. The molecular weight excluding hydrogens is 525 g/mol. The van der Waals surface area contributed by atoms with Crippen LogP contribution >= 0.6 is 27.3 Å². The SMILES string of the molecule is CCOC(=O)C1=C(CN2CC(O)C(F)(F)C2)NC(c2nccs2)=N[C@H]1c1ccc(F)cc1Br. The number of aromatic nitrogens is 1. The molecule has 0 radical (unpaired) electrons. The van der Waals surface area contributed by atoms with Gasteiger partial charge in [-0.1, -0.05) is 22.0 Å². The fraction of sp³-hybridized carbons (Fsp3) is 0.381. The molecule has 12 heteroatoms. The summed E-state index contributed by atoms with van der Waals surface area (Å²) in [5.74, 6) is -4.06. The van der Waals surface area contributed by atoms with Crippen LogP contribution in [0.4, 0.5) is 13.2 Å². The number of hydrogen-bond donors (Lipinski definition) is 2. The van der Waals surface area contributed by atoms with E-state index in [4.69, 9.17) is 4.74 Å². The van der Waals surface area contributed by atoms with Crippen LogP contribution in [0.1, 0.15) is 23.5 Å². The van der Waals surface area contributed by atoms with E-state index in [1.54, 1.807) is 18.5 Å². The summed E-state index contributed by atoms with van der Waals surface area (Å²) in [6.45, 7) is 0.739. The molecule has 7 nitrogen and oxygen atoms in total. The average Bonchev–Trinajstić information content (AvgIpc) is 3.36. The van der Waals surface area contributed by atoms with Gasteiger partial charge in [0.25, 0.3) is 5.92 Å². The molecule has 0 saturated carbocycles. The Morgan fingerprint density at radius 2 is 2.24 bits per heavy atom. The van der Waals surface area contributed by atoms with Crippen LogP contribution in [-0.2, 0) is 9.53 Å². The Bertz CT molecular complexity index is 1110. The highest BCUT2D eigenvalue weighted by Gasteiger charge is 2.47. The van der Waals surface area contributed by atoms with Crippen molar-refractivity contribution < 1.29 is 27.8 Å². The number of esters is 1. The Morgan fingerprint density at radius 1 is 1.45 bits per heavy atom. The topological polar surface area (TPSA) is 87.0 Å². The van der Waals surface area contributed by atoms with Crippen molar-refractivity contribution in [1.82, 2.24) is 15.2 Å². The Balaban J connectivity index is 1.81. The Kier molecular flexibility index (Phi) is 6.89. The zero-order chi connectivity index (χ0) is 23.8. The number of hydrogen-bond acceptors (Lipinski definition) is 8. The number of likely N-dealkylation sites (tertiary alicyclic amines) is 1. The zero-order valence-corrected chi connectivity index (χ0v) is 19.8. The molecule has 176 valence electrons. The molecule has 1 aromatic carbocycles. The number of nitrogens with zero attached hydrogens (tertiary/aromatic N) is 3. The number of benzene rings is 1. The predicted molar refractivity (Wildman–Crippen MR) is 120 cm³/mol. The number of thiazole rings is 1. The van der Waals surface area contributed by atoms with Crippen molar-refractivity contribution in [2.45, 2.75) is 25.0 Å². The van der Waals surface area contributed by atoms with Gasteiger partial charge in [-0.05, 0) is 24.6 Å². The van der Waals surface area contributed by atoms with E-state index in [1.165, 1.54) is 34.4 Å². The highest BCUT2D eigenvalue weighted by atomic mass is 79.9. The largest absolute Gasteiger partial charge is 0.463 e. The molecule has 0 aliphatic carbocycles. The number of amidine groups is 1. The van der Waals surface area contributed by atoms with Gasteiger partial charge in [0, 0.05) is 34.8 Å². The third-order valence-electron chi connectivity index (χ3n) is 5.25. The molecule has 1 fully saturated rings. The van der Waals surface area contributed by atoms with Crippen LogP contribution in [0.25, 0.3) is 0 Å². The first-order valence-electron chi connectivity index (χ1n) is 10.1. The number of ether oxygens (including phenoxy) is 1. The van der Waals surface area contributed by atoms with E-state index in [-0.39, 0.29) is 25.3 Å². The van der Waals surface area contributed by atoms with E-state index in [0.717, 1.165) is 0 Å². The second kappa shape index (κ2) is 9.53. The minimum Gasteiger partial charge on any atom is -0.463 e. The molecule has 2 aliphatic rings. The van der Waals surface area contributed by atoms with E-state index < -0.39 is 36.4 Å². The first-order chi connectivity index (χ1) is 15.7. The van der Waals surface area contributed by atoms with Crippen LogP contribution in [0.5, 0.6) is 0 Å². The minimum atomic E-state index is -3.26. The van der Waals surface area contributed by atoms with E-state index >= 15 is 0 Å². The molecule has 1 unspecified atom stereocenters. The van der Waals surface area contributed by atoms with Gasteiger partial charge < -0.3 is 15.2 Å². The molecule has 1 saturated heterocycles. The summed E-state index contributed by atoms with van der Waals surface area (Å²) in [6.07, 6.45) is -0.212. The number of halogens is 4. The predicted octanol–water partition coefficient (Wildman–Crippen LogP) is 3.26. The first-order valence-corrected chi connectivity index (χ1v) is 11.7. The minimum absolute atomic E-state index is 0.0828. The van der Waals surface area contributed by atoms with Crippen molar-refractivity contribution in [2.75, 3.05) is 26.2 Å². The summed E-state index contributed by atoms with van der Waals surface area (Å²) in [7, 11) is 0. The summed E-state index contributed by atoms with van der Waals surface area (Å²) in [5.41, 5.74) is 0.924. The number of carbonyl (C=O) groups is 1. The lowest BCUT2D eigenvalue weighted by Gasteiger charge is -2.29. The van der Waals surface area contributed by atoms with Crippen molar-refractivity contribution in [3.63, 3.8) is 0 Å². The van der Waals surface area contributed by atoms with E-state index in [2.05, 4.69) is 31.2 Å². The molecule has 2 aliphatic heterocycles. The van der Waals surface area contributed by atoms with E-state index in [1.807, 2.05) is 0 Å². The second-order valence-electron chi connectivity index (χ2n) is 7.57. The molecule has 3 heterocycles. The van der Waals surface area contributed by atoms with E-state index in [0.29, 0.717) is 26.6 Å². The van der Waals surface area contributed by atoms with Gasteiger partial charge >= 0.3 is 5.97 Å². The van der Waals surface area contributed by atoms with Crippen molar-refractivity contribution in [2.24, 2.45) is 4.99 Å². The third kappa shape index (κ3) is 4.98. The van der Waals surface area contributed by atoms with Gasteiger partial charge in [0.05, 0.1) is 18.7 Å². The molecule has 2 aromatic rings. The standard InChI is InChI=1S/C21H20BrF3N4O3S/c1-2-32-20(31)16-14(8-29-9-15(30)21(24,25)10-29)27-18(19-26-5-6-33-19)28-17(16)12-4-3-11(23)7-13(12)22/h3-7,15,17,30H,2,8-10H2,1H3,(H,27,28)/t15?,17-/m0/s1. The average molecular weight is 545 g/mol. The number of nitrogens with one attached hydrogen (secondary N) is 1. The van der Waals surface area contributed by atoms with Gasteiger partial charge in [-0.15, -0.1) is 11.3 Å². The van der Waals surface area contributed by atoms with Crippen LogP contribution < -0.4 is 5.32 Å². The Labute approximate surface area is 200 Å². The second-order valence-corrected chi connectivity index (χ2v) is 9.32. The van der Waals surface area contributed by atoms with Crippen LogP contribution in [0.2, 0.25) is 0 Å². The van der Waals surface area contributed by atoms with Gasteiger partial charge in [0.1, 0.15) is 18.0 Å². The van der Waals surface area contributed by atoms with Crippen molar-refractivity contribution >= 4 is 39.1 Å². The van der Waals surface area contributed by atoms with Gasteiger partial charge in [0.2, 0.25) is 0 Å². The highest BCUT2D eigenvalue weighted by Crippen LogP contribution is 2.37. The fourth-order valence-electron chi connectivity index (χ4n) is 3.76. The maximum absolute atomic E-state index is 14.0. The number of aliphatic hydroxyl groups is 1. The smallest absolute Gasteiger partial charge is 0.338 e. The molecule has 2 atom stereocenters. The molecule has 1 aromatic heterocycles.